The average Bonchev–Trinajstić information content (AvgIpc) is 2.54. The van der Waals surface area contributed by atoms with Crippen molar-refractivity contribution in [3.8, 4) is 0 Å². The fourth-order valence-corrected chi connectivity index (χ4v) is 2.33. The fraction of sp³-hybridized carbons (Fsp3) is 0.632. The molecular weight excluding hydrogens is 427 g/mol. The van der Waals surface area contributed by atoms with E-state index in [1.54, 1.807) is 7.11 Å². The van der Waals surface area contributed by atoms with Gasteiger partial charge in [0.25, 0.3) is 0 Å². The van der Waals surface area contributed by atoms with Crippen molar-refractivity contribution in [3.05, 3.63) is 35.4 Å². The summed E-state index contributed by atoms with van der Waals surface area (Å²) in [5.41, 5.74) is 2.60. The first-order valence-electron chi connectivity index (χ1n) is 8.78. The first-order valence-corrected chi connectivity index (χ1v) is 8.78. The van der Waals surface area contributed by atoms with E-state index in [4.69, 9.17) is 9.73 Å². The normalized spacial score (nSPS) is 12.9. The second-order valence-electron chi connectivity index (χ2n) is 6.47. The van der Waals surface area contributed by atoms with Crippen molar-refractivity contribution in [1.29, 1.82) is 0 Å². The molecule has 1 aromatic rings. The highest BCUT2D eigenvalue weighted by Crippen LogP contribution is 2.13. The maximum Gasteiger partial charge on any atom is 0.191 e. The van der Waals surface area contributed by atoms with Crippen molar-refractivity contribution >= 4 is 29.9 Å². The molecule has 0 spiro atoms. The van der Waals surface area contributed by atoms with E-state index in [1.165, 1.54) is 11.1 Å². The van der Waals surface area contributed by atoms with E-state index in [0.717, 1.165) is 19.0 Å². The van der Waals surface area contributed by atoms with Gasteiger partial charge in [0.1, 0.15) is 0 Å². The lowest BCUT2D eigenvalue weighted by Crippen LogP contribution is -2.43. The van der Waals surface area contributed by atoms with Crippen LogP contribution >= 0.6 is 24.0 Å². The lowest BCUT2D eigenvalue weighted by Gasteiger charge is -2.22. The van der Waals surface area contributed by atoms with E-state index in [1.807, 2.05) is 0 Å². The summed E-state index contributed by atoms with van der Waals surface area (Å²) in [6.45, 7) is 11.7. The molecule has 0 aliphatic rings. The molecule has 0 radical (unpaired) electrons. The first-order chi connectivity index (χ1) is 11.5. The number of halogens is 1. The Bertz CT molecular complexity index is 508. The van der Waals surface area contributed by atoms with Crippen LogP contribution in [-0.2, 0) is 17.8 Å². The Morgan fingerprint density at radius 2 is 1.84 bits per heavy atom. The molecule has 0 amide bonds. The predicted octanol–water partition coefficient (Wildman–Crippen LogP) is 3.23. The zero-order valence-corrected chi connectivity index (χ0v) is 18.8. The quantitative estimate of drug-likeness (QED) is 0.336. The third-order valence-corrected chi connectivity index (χ3v) is 3.97. The zero-order valence-electron chi connectivity index (χ0n) is 16.5. The van der Waals surface area contributed by atoms with Gasteiger partial charge in [0.15, 0.2) is 5.96 Å². The van der Waals surface area contributed by atoms with Crippen LogP contribution in [0.1, 0.15) is 38.8 Å². The van der Waals surface area contributed by atoms with Crippen LogP contribution in [0.5, 0.6) is 0 Å². The van der Waals surface area contributed by atoms with E-state index in [9.17, 15) is 0 Å². The van der Waals surface area contributed by atoms with E-state index in [-0.39, 0.29) is 30.0 Å². The molecular formula is C19H35IN4O. The lowest BCUT2D eigenvalue weighted by atomic mass is 10.1. The van der Waals surface area contributed by atoms with Gasteiger partial charge in [-0.15, -0.1) is 24.0 Å². The van der Waals surface area contributed by atoms with Crippen LogP contribution in [0.4, 0.5) is 0 Å². The summed E-state index contributed by atoms with van der Waals surface area (Å²) in [5.74, 6) is 0.828. The van der Waals surface area contributed by atoms with Crippen LogP contribution in [-0.4, -0.2) is 50.3 Å². The van der Waals surface area contributed by atoms with Crippen molar-refractivity contribution in [2.45, 2.75) is 52.9 Å². The third-order valence-electron chi connectivity index (χ3n) is 3.97. The van der Waals surface area contributed by atoms with Crippen molar-refractivity contribution in [1.82, 2.24) is 15.5 Å². The number of ether oxygens (including phenoxy) is 1. The summed E-state index contributed by atoms with van der Waals surface area (Å²) in [4.78, 5) is 7.08. The van der Waals surface area contributed by atoms with Crippen molar-refractivity contribution < 1.29 is 4.74 Å². The molecule has 0 fully saturated rings. The SMILES string of the molecule is CCNC(=NCc1ccccc1CN(C)C(C)C)NC(C)COC.I. The summed E-state index contributed by atoms with van der Waals surface area (Å²) in [6.07, 6.45) is 0. The molecule has 1 unspecified atom stereocenters. The van der Waals surface area contributed by atoms with Crippen LogP contribution in [0.15, 0.2) is 29.3 Å². The molecule has 0 saturated heterocycles. The molecule has 0 heterocycles. The van der Waals surface area contributed by atoms with Crippen LogP contribution < -0.4 is 10.6 Å². The van der Waals surface area contributed by atoms with Gasteiger partial charge in [-0.2, -0.15) is 0 Å². The van der Waals surface area contributed by atoms with Crippen molar-refractivity contribution in [3.63, 3.8) is 0 Å². The molecule has 144 valence electrons. The summed E-state index contributed by atoms with van der Waals surface area (Å²) < 4.78 is 5.18. The third kappa shape index (κ3) is 9.42. The monoisotopic (exact) mass is 462 g/mol. The van der Waals surface area contributed by atoms with Gasteiger partial charge in [-0.1, -0.05) is 24.3 Å². The van der Waals surface area contributed by atoms with E-state index in [2.05, 4.69) is 74.5 Å². The maximum absolute atomic E-state index is 5.18. The summed E-state index contributed by atoms with van der Waals surface area (Å²) >= 11 is 0. The van der Waals surface area contributed by atoms with Crippen molar-refractivity contribution in [2.75, 3.05) is 27.3 Å². The number of benzene rings is 1. The molecule has 0 saturated carbocycles. The Morgan fingerprint density at radius 3 is 2.40 bits per heavy atom. The molecule has 0 bridgehead atoms. The van der Waals surface area contributed by atoms with Gasteiger partial charge in [0.05, 0.1) is 13.2 Å². The van der Waals surface area contributed by atoms with E-state index in [0.29, 0.717) is 19.2 Å². The molecule has 5 nitrogen and oxygen atoms in total. The number of hydrogen-bond donors (Lipinski definition) is 2. The van der Waals surface area contributed by atoms with Gasteiger partial charge in [-0.05, 0) is 45.9 Å². The Morgan fingerprint density at radius 1 is 1.20 bits per heavy atom. The Hall–Kier alpha value is -0.860. The molecule has 0 aliphatic carbocycles. The number of nitrogens with one attached hydrogen (secondary N) is 2. The highest BCUT2D eigenvalue weighted by Gasteiger charge is 2.09. The molecule has 25 heavy (non-hydrogen) atoms. The van der Waals surface area contributed by atoms with Crippen LogP contribution in [0, 0.1) is 0 Å². The molecule has 6 heteroatoms. The molecule has 1 atom stereocenters. The minimum absolute atomic E-state index is 0. The summed E-state index contributed by atoms with van der Waals surface area (Å²) in [7, 11) is 3.87. The standard InChI is InChI=1S/C19H34N4O.HI/c1-7-20-19(22-16(4)14-24-6)21-12-17-10-8-9-11-18(17)13-23(5)15(2)3;/h8-11,15-16H,7,12-14H2,1-6H3,(H2,20,21,22);1H. The fourth-order valence-electron chi connectivity index (χ4n) is 2.33. The number of guanidine groups is 1. The highest BCUT2D eigenvalue weighted by molar-refractivity contribution is 14.0. The predicted molar refractivity (Wildman–Crippen MR) is 118 cm³/mol. The number of nitrogens with zero attached hydrogens (tertiary/aromatic N) is 2. The van der Waals surface area contributed by atoms with E-state index >= 15 is 0 Å². The van der Waals surface area contributed by atoms with Crippen LogP contribution in [0.25, 0.3) is 0 Å². The summed E-state index contributed by atoms with van der Waals surface area (Å²) in [6, 6.07) is 9.27. The second kappa shape index (κ2) is 13.4. The Labute approximate surface area is 170 Å². The van der Waals surface area contributed by atoms with Crippen LogP contribution in [0.3, 0.4) is 0 Å². The van der Waals surface area contributed by atoms with Crippen LogP contribution in [0.2, 0.25) is 0 Å². The number of hydrogen-bond acceptors (Lipinski definition) is 3. The van der Waals surface area contributed by atoms with Crippen molar-refractivity contribution in [2.24, 2.45) is 4.99 Å². The minimum atomic E-state index is 0. The number of methoxy groups -OCH3 is 1. The molecule has 1 aromatic carbocycles. The molecule has 0 aliphatic heterocycles. The zero-order chi connectivity index (χ0) is 17.9. The highest BCUT2D eigenvalue weighted by atomic mass is 127. The second-order valence-corrected chi connectivity index (χ2v) is 6.47. The average molecular weight is 462 g/mol. The lowest BCUT2D eigenvalue weighted by molar-refractivity contribution is 0.179. The minimum Gasteiger partial charge on any atom is -0.383 e. The summed E-state index contributed by atoms with van der Waals surface area (Å²) in [5, 5.41) is 6.66. The topological polar surface area (TPSA) is 48.9 Å². The Kier molecular flexibility index (Phi) is 12.9. The van der Waals surface area contributed by atoms with Gasteiger partial charge in [0, 0.05) is 32.3 Å². The molecule has 1 rings (SSSR count). The van der Waals surface area contributed by atoms with Gasteiger partial charge in [-0.3, -0.25) is 4.90 Å². The first kappa shape index (κ1) is 24.1. The largest absolute Gasteiger partial charge is 0.383 e. The number of aliphatic imine (C=N–C) groups is 1. The van der Waals surface area contributed by atoms with Gasteiger partial charge >= 0.3 is 0 Å². The van der Waals surface area contributed by atoms with Gasteiger partial charge in [0.2, 0.25) is 0 Å². The molecule has 0 aromatic heterocycles. The van der Waals surface area contributed by atoms with E-state index < -0.39 is 0 Å². The van der Waals surface area contributed by atoms with Gasteiger partial charge < -0.3 is 15.4 Å². The number of rotatable bonds is 9. The maximum atomic E-state index is 5.18. The Balaban J connectivity index is 0.00000576. The molecule has 2 N–H and O–H groups in total. The van der Waals surface area contributed by atoms with Gasteiger partial charge in [-0.25, -0.2) is 4.99 Å². The smallest absolute Gasteiger partial charge is 0.191 e.